The molecule has 98 valence electrons. The summed E-state index contributed by atoms with van der Waals surface area (Å²) in [6, 6.07) is 9.96. The predicted molar refractivity (Wildman–Crippen MR) is 70.0 cm³/mol. The minimum Gasteiger partial charge on any atom is -0.363 e. The lowest BCUT2D eigenvalue weighted by atomic mass is 10.0. The quantitative estimate of drug-likeness (QED) is 0.865. The number of benzene rings is 1. The van der Waals surface area contributed by atoms with E-state index in [4.69, 9.17) is 4.74 Å². The van der Waals surface area contributed by atoms with Gasteiger partial charge in [0.15, 0.2) is 5.78 Å². The Kier molecular flexibility index (Phi) is 2.97. The fraction of sp³-hybridized carbons (Fsp3) is 0.267. The van der Waals surface area contributed by atoms with Gasteiger partial charge in [0.1, 0.15) is 0 Å². The van der Waals surface area contributed by atoms with Crippen LogP contribution in [-0.4, -0.2) is 34.7 Å². The maximum atomic E-state index is 11.5. The van der Waals surface area contributed by atoms with Gasteiger partial charge in [0.2, 0.25) is 5.79 Å². The Balaban J connectivity index is 1.87. The Hall–Kier alpha value is -1.91. The summed E-state index contributed by atoms with van der Waals surface area (Å²) in [5.74, 6) is -1.58. The number of ether oxygens (including phenoxy) is 1. The van der Waals surface area contributed by atoms with Crippen molar-refractivity contribution in [3.63, 3.8) is 0 Å². The zero-order valence-electron chi connectivity index (χ0n) is 10.5. The highest BCUT2D eigenvalue weighted by Gasteiger charge is 2.39. The highest BCUT2D eigenvalue weighted by atomic mass is 16.6. The van der Waals surface area contributed by atoms with E-state index in [1.54, 1.807) is 0 Å². The Morgan fingerprint density at radius 2 is 2.11 bits per heavy atom. The van der Waals surface area contributed by atoms with Crippen molar-refractivity contribution in [2.45, 2.75) is 12.3 Å². The zero-order chi connectivity index (χ0) is 13.3. The molecule has 0 bridgehead atoms. The molecule has 4 heteroatoms. The van der Waals surface area contributed by atoms with Crippen molar-refractivity contribution < 1.29 is 14.6 Å². The molecule has 4 nitrogen and oxygen atoms in total. The minimum absolute atomic E-state index is 0.122. The van der Waals surface area contributed by atoms with Crippen molar-refractivity contribution in [3.05, 3.63) is 59.8 Å². The van der Waals surface area contributed by atoms with Crippen molar-refractivity contribution >= 4 is 5.78 Å². The summed E-state index contributed by atoms with van der Waals surface area (Å²) < 4.78 is 5.39. The van der Waals surface area contributed by atoms with Gasteiger partial charge in [0.05, 0.1) is 12.3 Å². The van der Waals surface area contributed by atoms with E-state index in [1.807, 2.05) is 35.2 Å². The normalized spacial score (nSPS) is 26.1. The molecule has 19 heavy (non-hydrogen) atoms. The SMILES string of the molecule is O=C1C=CC2(O)OCCN(Cc3ccccc3)C2=C1. The molecule has 1 N–H and O–H groups in total. The van der Waals surface area contributed by atoms with Gasteiger partial charge in [-0.25, -0.2) is 0 Å². The second-order valence-corrected chi connectivity index (χ2v) is 4.72. The van der Waals surface area contributed by atoms with E-state index in [0.29, 0.717) is 25.4 Å². The summed E-state index contributed by atoms with van der Waals surface area (Å²) in [7, 11) is 0. The molecule has 1 fully saturated rings. The molecule has 1 aliphatic carbocycles. The first-order chi connectivity index (χ1) is 9.17. The first-order valence-electron chi connectivity index (χ1n) is 6.28. The van der Waals surface area contributed by atoms with E-state index < -0.39 is 5.79 Å². The first kappa shape index (κ1) is 12.1. The third kappa shape index (κ3) is 2.32. The van der Waals surface area contributed by atoms with Gasteiger partial charge in [-0.2, -0.15) is 0 Å². The molecule has 1 heterocycles. The number of carbonyl (C=O) groups excluding carboxylic acids is 1. The molecule has 0 amide bonds. The summed E-state index contributed by atoms with van der Waals surface area (Å²) in [5.41, 5.74) is 1.66. The number of fused-ring (bicyclic) bond motifs is 1. The molecule has 1 aromatic rings. The van der Waals surface area contributed by atoms with E-state index in [1.165, 1.54) is 18.2 Å². The molecule has 1 aliphatic heterocycles. The summed E-state index contributed by atoms with van der Waals surface area (Å²) in [5, 5.41) is 10.4. The van der Waals surface area contributed by atoms with Crippen molar-refractivity contribution in [3.8, 4) is 0 Å². The average Bonchev–Trinajstić information content (AvgIpc) is 2.42. The molecule has 1 saturated heterocycles. The Morgan fingerprint density at radius 3 is 2.89 bits per heavy atom. The standard InChI is InChI=1S/C15H15NO3/c17-13-6-7-15(18)14(10-13)16(8-9-19-15)11-12-4-2-1-3-5-12/h1-7,10,18H,8-9,11H2. The van der Waals surface area contributed by atoms with E-state index in [-0.39, 0.29) is 5.78 Å². The van der Waals surface area contributed by atoms with Gasteiger partial charge in [-0.15, -0.1) is 0 Å². The number of hydrogen-bond donors (Lipinski definition) is 1. The Bertz CT molecular complexity index is 550. The lowest BCUT2D eigenvalue weighted by molar-refractivity contribution is -0.178. The average molecular weight is 257 g/mol. The summed E-state index contributed by atoms with van der Waals surface area (Å²) >= 11 is 0. The maximum absolute atomic E-state index is 11.5. The van der Waals surface area contributed by atoms with Crippen LogP contribution in [0.25, 0.3) is 0 Å². The van der Waals surface area contributed by atoms with Gasteiger partial charge in [0, 0.05) is 19.2 Å². The van der Waals surface area contributed by atoms with Crippen molar-refractivity contribution in [1.82, 2.24) is 4.90 Å². The lowest BCUT2D eigenvalue weighted by Gasteiger charge is -2.42. The molecule has 0 saturated carbocycles. The number of aliphatic hydroxyl groups is 1. The van der Waals surface area contributed by atoms with Crippen LogP contribution in [0.15, 0.2) is 54.3 Å². The van der Waals surface area contributed by atoms with Crippen LogP contribution < -0.4 is 0 Å². The molecule has 1 unspecified atom stereocenters. The summed E-state index contributed by atoms with van der Waals surface area (Å²) in [4.78, 5) is 13.5. The molecule has 1 aromatic carbocycles. The van der Waals surface area contributed by atoms with E-state index in [2.05, 4.69) is 0 Å². The van der Waals surface area contributed by atoms with E-state index >= 15 is 0 Å². The third-order valence-electron chi connectivity index (χ3n) is 3.36. The highest BCUT2D eigenvalue weighted by Crippen LogP contribution is 2.31. The van der Waals surface area contributed by atoms with Gasteiger partial charge in [0.25, 0.3) is 0 Å². The number of nitrogens with zero attached hydrogens (tertiary/aromatic N) is 1. The zero-order valence-corrected chi connectivity index (χ0v) is 10.5. The molecule has 0 spiro atoms. The van der Waals surface area contributed by atoms with Crippen LogP contribution in [-0.2, 0) is 16.1 Å². The van der Waals surface area contributed by atoms with Gasteiger partial charge in [-0.05, 0) is 17.7 Å². The van der Waals surface area contributed by atoms with Crippen LogP contribution in [0.5, 0.6) is 0 Å². The van der Waals surface area contributed by atoms with E-state index in [0.717, 1.165) is 5.56 Å². The van der Waals surface area contributed by atoms with Gasteiger partial charge in [-0.1, -0.05) is 30.3 Å². The Morgan fingerprint density at radius 1 is 1.32 bits per heavy atom. The van der Waals surface area contributed by atoms with Gasteiger partial charge < -0.3 is 14.7 Å². The monoisotopic (exact) mass is 257 g/mol. The third-order valence-corrected chi connectivity index (χ3v) is 3.36. The minimum atomic E-state index is -1.46. The number of allylic oxidation sites excluding steroid dienone is 2. The van der Waals surface area contributed by atoms with Gasteiger partial charge in [-0.3, -0.25) is 4.79 Å². The van der Waals surface area contributed by atoms with Gasteiger partial charge >= 0.3 is 0 Å². The fourth-order valence-corrected chi connectivity index (χ4v) is 2.41. The van der Waals surface area contributed by atoms with Crippen LogP contribution in [0.3, 0.4) is 0 Å². The van der Waals surface area contributed by atoms with Crippen LogP contribution in [0.1, 0.15) is 5.56 Å². The lowest BCUT2D eigenvalue weighted by Crippen LogP contribution is -2.49. The van der Waals surface area contributed by atoms with Crippen LogP contribution >= 0.6 is 0 Å². The maximum Gasteiger partial charge on any atom is 0.228 e. The first-order valence-corrected chi connectivity index (χ1v) is 6.28. The van der Waals surface area contributed by atoms with Crippen LogP contribution in [0.4, 0.5) is 0 Å². The van der Waals surface area contributed by atoms with Crippen molar-refractivity contribution in [2.75, 3.05) is 13.2 Å². The second kappa shape index (κ2) is 4.64. The van der Waals surface area contributed by atoms with E-state index in [9.17, 15) is 9.90 Å². The molecule has 0 radical (unpaired) electrons. The topological polar surface area (TPSA) is 49.8 Å². The fourth-order valence-electron chi connectivity index (χ4n) is 2.41. The number of carbonyl (C=O) groups is 1. The number of rotatable bonds is 2. The largest absolute Gasteiger partial charge is 0.363 e. The number of ketones is 1. The van der Waals surface area contributed by atoms with Crippen LogP contribution in [0, 0.1) is 0 Å². The number of morpholine rings is 1. The molecule has 0 aromatic heterocycles. The predicted octanol–water partition coefficient (Wildman–Crippen LogP) is 1.23. The summed E-state index contributed by atoms with van der Waals surface area (Å²) in [6.07, 6.45) is 4.21. The summed E-state index contributed by atoms with van der Waals surface area (Å²) in [6.45, 7) is 1.74. The van der Waals surface area contributed by atoms with Crippen molar-refractivity contribution in [1.29, 1.82) is 0 Å². The molecule has 2 aliphatic rings. The molecule has 3 rings (SSSR count). The highest BCUT2D eigenvalue weighted by molar-refractivity contribution is 6.01. The van der Waals surface area contributed by atoms with Crippen LogP contribution in [0.2, 0.25) is 0 Å². The molecule has 1 atom stereocenters. The number of hydrogen-bond acceptors (Lipinski definition) is 4. The Labute approximate surface area is 111 Å². The molecular formula is C15H15NO3. The van der Waals surface area contributed by atoms with Crippen molar-refractivity contribution in [2.24, 2.45) is 0 Å². The second-order valence-electron chi connectivity index (χ2n) is 4.72. The smallest absolute Gasteiger partial charge is 0.228 e. The molecular weight excluding hydrogens is 242 g/mol.